The van der Waals surface area contributed by atoms with Crippen LogP contribution in [-0.4, -0.2) is 4.57 Å². The van der Waals surface area contributed by atoms with Crippen molar-refractivity contribution in [3.8, 4) is 0 Å². The van der Waals surface area contributed by atoms with Gasteiger partial charge in [-0.15, -0.1) is 0 Å². The highest BCUT2D eigenvalue weighted by Gasteiger charge is 2.16. The number of hydrogen-bond acceptors (Lipinski definition) is 0. The highest BCUT2D eigenvalue weighted by Crippen LogP contribution is 2.16. The maximum absolute atomic E-state index is 2.63. The first kappa shape index (κ1) is 45.2. The molecule has 2 heteroatoms. The van der Waals surface area contributed by atoms with Crippen LogP contribution in [0.15, 0.2) is 12.4 Å². The maximum atomic E-state index is 2.63. The topological polar surface area (TPSA) is 8.81 Å². The van der Waals surface area contributed by atoms with E-state index < -0.39 is 0 Å². The standard InChI is InChI=1S/C46H91N2/c1-4-7-10-13-15-17-19-21-23-25-27-29-31-33-35-37-40-43-48-45-44-47(46(48)41-38-12-9-6-3)42-39-36-34-32-30-28-26-24-22-20-18-16-14-11-8-5-2/h44-45H,4-43H2,1-3H3/q+1. The SMILES string of the molecule is CCCCCCCCCCCCCCCCCCC[n+]1ccn(CCCCCCCCCCCCCCCCCC)c1CCCCCC. The minimum absolute atomic E-state index is 1.23. The van der Waals surface area contributed by atoms with Crippen molar-refractivity contribution in [2.75, 3.05) is 0 Å². The second-order valence-electron chi connectivity index (χ2n) is 15.9. The predicted octanol–water partition coefficient (Wildman–Crippen LogP) is 15.8. The highest BCUT2D eigenvalue weighted by molar-refractivity contribution is 4.84. The Morgan fingerprint density at radius 2 is 0.646 bits per heavy atom. The lowest BCUT2D eigenvalue weighted by Gasteiger charge is -2.07. The molecule has 48 heavy (non-hydrogen) atoms. The summed E-state index contributed by atoms with van der Waals surface area (Å²) in [7, 11) is 0. The van der Waals surface area contributed by atoms with Crippen LogP contribution in [0.4, 0.5) is 0 Å². The van der Waals surface area contributed by atoms with Gasteiger partial charge in [0.15, 0.2) is 0 Å². The molecule has 0 amide bonds. The average Bonchev–Trinajstić information content (AvgIpc) is 3.48. The molecule has 0 unspecified atom stereocenters. The fraction of sp³-hybridized carbons (Fsp3) is 0.935. The summed E-state index contributed by atoms with van der Waals surface area (Å²) >= 11 is 0. The Balaban J connectivity index is 2.08. The zero-order valence-corrected chi connectivity index (χ0v) is 33.8. The number of hydrogen-bond donors (Lipinski definition) is 0. The van der Waals surface area contributed by atoms with E-state index in [1.54, 1.807) is 5.82 Å². The molecule has 1 aromatic rings. The highest BCUT2D eigenvalue weighted by atomic mass is 15.1. The number of imidazole rings is 1. The van der Waals surface area contributed by atoms with E-state index in [1.165, 1.54) is 257 Å². The molecule has 0 spiro atoms. The van der Waals surface area contributed by atoms with Crippen LogP contribution < -0.4 is 4.57 Å². The molecular formula is C46H91N2+. The summed E-state index contributed by atoms with van der Waals surface area (Å²) in [6.07, 6.45) is 59.4. The molecule has 0 aliphatic carbocycles. The lowest BCUT2D eigenvalue weighted by Crippen LogP contribution is -2.37. The van der Waals surface area contributed by atoms with Crippen molar-refractivity contribution in [3.63, 3.8) is 0 Å². The van der Waals surface area contributed by atoms with Crippen LogP contribution in [-0.2, 0) is 19.5 Å². The number of aromatic nitrogens is 2. The Morgan fingerprint density at radius 1 is 0.354 bits per heavy atom. The van der Waals surface area contributed by atoms with Gasteiger partial charge in [0.1, 0.15) is 12.4 Å². The van der Waals surface area contributed by atoms with Gasteiger partial charge in [-0.2, -0.15) is 0 Å². The maximum Gasteiger partial charge on any atom is 0.256 e. The second kappa shape index (κ2) is 37.5. The third kappa shape index (κ3) is 29.0. The second-order valence-corrected chi connectivity index (χ2v) is 15.9. The van der Waals surface area contributed by atoms with Gasteiger partial charge in [0, 0.05) is 6.42 Å². The van der Waals surface area contributed by atoms with Gasteiger partial charge >= 0.3 is 0 Å². The third-order valence-corrected chi connectivity index (χ3v) is 11.1. The lowest BCUT2D eigenvalue weighted by atomic mass is 10.0. The first-order valence-corrected chi connectivity index (χ1v) is 22.9. The minimum Gasteiger partial charge on any atom is -0.234 e. The zero-order valence-electron chi connectivity index (χ0n) is 33.8. The van der Waals surface area contributed by atoms with Crippen LogP contribution in [0, 0.1) is 0 Å². The largest absolute Gasteiger partial charge is 0.256 e. The molecule has 1 rings (SSSR count). The monoisotopic (exact) mass is 672 g/mol. The van der Waals surface area contributed by atoms with Crippen molar-refractivity contribution >= 4 is 0 Å². The third-order valence-electron chi connectivity index (χ3n) is 11.1. The number of rotatable bonds is 40. The van der Waals surface area contributed by atoms with Crippen molar-refractivity contribution in [1.29, 1.82) is 0 Å². The zero-order chi connectivity index (χ0) is 34.4. The fourth-order valence-corrected chi connectivity index (χ4v) is 7.74. The molecule has 0 aliphatic rings. The van der Waals surface area contributed by atoms with E-state index in [0.29, 0.717) is 0 Å². The van der Waals surface area contributed by atoms with Crippen molar-refractivity contribution in [3.05, 3.63) is 18.2 Å². The molecule has 284 valence electrons. The lowest BCUT2D eigenvalue weighted by molar-refractivity contribution is -0.704. The van der Waals surface area contributed by atoms with E-state index in [-0.39, 0.29) is 0 Å². The van der Waals surface area contributed by atoms with Gasteiger partial charge in [0.25, 0.3) is 5.82 Å². The van der Waals surface area contributed by atoms with E-state index in [4.69, 9.17) is 0 Å². The van der Waals surface area contributed by atoms with Crippen molar-refractivity contribution < 1.29 is 4.57 Å². The summed E-state index contributed by atoms with van der Waals surface area (Å²) in [6, 6.07) is 0. The Bertz CT molecular complexity index is 736. The molecule has 1 heterocycles. The molecule has 0 bridgehead atoms. The molecule has 0 aromatic carbocycles. The molecule has 0 radical (unpaired) electrons. The Labute approximate surface area is 304 Å². The Hall–Kier alpha value is -0.790. The van der Waals surface area contributed by atoms with Crippen LogP contribution in [0.2, 0.25) is 0 Å². The van der Waals surface area contributed by atoms with E-state index >= 15 is 0 Å². The van der Waals surface area contributed by atoms with Gasteiger partial charge in [-0.25, -0.2) is 9.13 Å². The van der Waals surface area contributed by atoms with Gasteiger partial charge < -0.3 is 0 Å². The molecule has 2 nitrogen and oxygen atoms in total. The van der Waals surface area contributed by atoms with Crippen LogP contribution in [0.1, 0.15) is 264 Å². The van der Waals surface area contributed by atoms with Gasteiger partial charge in [0.05, 0.1) is 13.1 Å². The minimum atomic E-state index is 1.23. The molecule has 0 saturated carbocycles. The molecular weight excluding hydrogens is 581 g/mol. The number of nitrogens with zero attached hydrogens (tertiary/aromatic N) is 2. The molecule has 0 atom stereocenters. The summed E-state index contributed by atoms with van der Waals surface area (Å²) < 4.78 is 5.26. The van der Waals surface area contributed by atoms with Gasteiger partial charge in [0.2, 0.25) is 0 Å². The van der Waals surface area contributed by atoms with Crippen molar-refractivity contribution in [2.45, 2.75) is 278 Å². The van der Waals surface area contributed by atoms with E-state index in [0.717, 1.165) is 0 Å². The molecule has 0 aliphatic heterocycles. The Kier molecular flexibility index (Phi) is 35.3. The normalized spacial score (nSPS) is 11.6. The molecule has 0 fully saturated rings. The average molecular weight is 672 g/mol. The summed E-state index contributed by atoms with van der Waals surface area (Å²) in [5, 5.41) is 0. The smallest absolute Gasteiger partial charge is 0.234 e. The first-order chi connectivity index (χ1) is 23.8. The summed E-state index contributed by atoms with van der Waals surface area (Å²) in [5.41, 5.74) is 0. The summed E-state index contributed by atoms with van der Waals surface area (Å²) in [5.74, 6) is 1.61. The van der Waals surface area contributed by atoms with E-state index in [1.807, 2.05) is 0 Å². The number of unbranched alkanes of at least 4 members (excludes halogenated alkanes) is 34. The quantitative estimate of drug-likeness (QED) is 0.0485. The van der Waals surface area contributed by atoms with Crippen molar-refractivity contribution in [1.82, 2.24) is 4.57 Å². The van der Waals surface area contributed by atoms with Crippen LogP contribution in [0.5, 0.6) is 0 Å². The van der Waals surface area contributed by atoms with Gasteiger partial charge in [-0.05, 0) is 32.1 Å². The Morgan fingerprint density at radius 3 is 1.00 bits per heavy atom. The predicted molar refractivity (Wildman–Crippen MR) is 216 cm³/mol. The van der Waals surface area contributed by atoms with Gasteiger partial charge in [-0.3, -0.25) is 0 Å². The van der Waals surface area contributed by atoms with Crippen molar-refractivity contribution in [2.24, 2.45) is 0 Å². The van der Waals surface area contributed by atoms with Crippen LogP contribution in [0.25, 0.3) is 0 Å². The van der Waals surface area contributed by atoms with E-state index in [2.05, 4.69) is 42.3 Å². The van der Waals surface area contributed by atoms with Crippen LogP contribution in [0.3, 0.4) is 0 Å². The summed E-state index contributed by atoms with van der Waals surface area (Å²) in [6.45, 7) is 9.41. The van der Waals surface area contributed by atoms with Crippen LogP contribution >= 0.6 is 0 Å². The molecule has 0 saturated heterocycles. The molecule has 1 aromatic heterocycles. The first-order valence-electron chi connectivity index (χ1n) is 22.9. The molecule has 0 N–H and O–H groups in total. The number of aryl methyl sites for hydroxylation is 2. The van der Waals surface area contributed by atoms with E-state index in [9.17, 15) is 0 Å². The fourth-order valence-electron chi connectivity index (χ4n) is 7.74. The van der Waals surface area contributed by atoms with Gasteiger partial charge in [-0.1, -0.05) is 226 Å². The summed E-state index contributed by atoms with van der Waals surface area (Å²) in [4.78, 5) is 0.